The third kappa shape index (κ3) is 2.84. The molecule has 2 heterocycles. The molecule has 0 unspecified atom stereocenters. The van der Waals surface area contributed by atoms with Crippen LogP contribution >= 0.6 is 0 Å². The summed E-state index contributed by atoms with van der Waals surface area (Å²) < 4.78 is 2.05. The average Bonchev–Trinajstić information content (AvgIpc) is 3.09. The fourth-order valence-corrected chi connectivity index (χ4v) is 2.66. The lowest BCUT2D eigenvalue weighted by Gasteiger charge is -2.04. The molecule has 1 aromatic heterocycles. The van der Waals surface area contributed by atoms with Gasteiger partial charge < -0.3 is 5.32 Å². The summed E-state index contributed by atoms with van der Waals surface area (Å²) in [7, 11) is 0. The number of carbonyl (C=O) groups is 1. The molecule has 0 atom stereocenters. The van der Waals surface area contributed by atoms with Gasteiger partial charge in [0.05, 0.1) is 6.20 Å². The first kappa shape index (κ1) is 13.2. The number of hydrogen-bond donors (Lipinski definition) is 1. The Morgan fingerprint density at radius 2 is 2.35 bits per heavy atom. The first-order valence-corrected chi connectivity index (χ1v) is 7.35. The minimum Gasteiger partial charge on any atom is -0.326 e. The predicted octanol–water partition coefficient (Wildman–Crippen LogP) is 2.80. The third-order valence-electron chi connectivity index (χ3n) is 4.14. The van der Waals surface area contributed by atoms with E-state index in [-0.39, 0.29) is 5.91 Å². The Bertz CT molecular complexity index is 579. The van der Waals surface area contributed by atoms with Gasteiger partial charge in [-0.15, -0.1) is 0 Å². The number of rotatable bonds is 5. The van der Waals surface area contributed by atoms with Gasteiger partial charge in [-0.1, -0.05) is 19.4 Å². The summed E-state index contributed by atoms with van der Waals surface area (Å²) in [6, 6.07) is 0. The maximum Gasteiger partial charge on any atom is 0.251 e. The largest absolute Gasteiger partial charge is 0.326 e. The van der Waals surface area contributed by atoms with Crippen molar-refractivity contribution >= 4 is 12.0 Å². The second-order valence-corrected chi connectivity index (χ2v) is 5.90. The van der Waals surface area contributed by atoms with Crippen molar-refractivity contribution in [1.82, 2.24) is 15.1 Å². The molecule has 0 spiro atoms. The average molecular weight is 271 g/mol. The molecule has 0 radical (unpaired) electrons. The highest BCUT2D eigenvalue weighted by Gasteiger charge is 2.21. The van der Waals surface area contributed by atoms with E-state index in [1.54, 1.807) is 0 Å². The van der Waals surface area contributed by atoms with Crippen molar-refractivity contribution in [1.29, 1.82) is 0 Å². The Hall–Kier alpha value is -1.84. The Morgan fingerprint density at radius 3 is 3.00 bits per heavy atom. The molecule has 106 valence electrons. The highest BCUT2D eigenvalue weighted by molar-refractivity contribution is 6.02. The second-order valence-electron chi connectivity index (χ2n) is 5.90. The van der Waals surface area contributed by atoms with E-state index in [1.807, 2.05) is 12.3 Å². The smallest absolute Gasteiger partial charge is 0.251 e. The fourth-order valence-electron chi connectivity index (χ4n) is 2.66. The number of nitrogens with zero attached hydrogens (tertiary/aromatic N) is 2. The van der Waals surface area contributed by atoms with Crippen LogP contribution in [0.3, 0.4) is 0 Å². The Labute approximate surface area is 119 Å². The Balaban J connectivity index is 1.67. The summed E-state index contributed by atoms with van der Waals surface area (Å²) in [6.07, 6.45) is 9.74. The molecule has 0 aromatic carbocycles. The molecular formula is C16H21N3O. The van der Waals surface area contributed by atoms with Crippen LogP contribution < -0.4 is 5.32 Å². The normalized spacial score (nSPS) is 20.8. The maximum atomic E-state index is 11.7. The van der Waals surface area contributed by atoms with Crippen LogP contribution in [0.1, 0.15) is 43.4 Å². The number of aryl methyl sites for hydroxylation is 1. The third-order valence-corrected chi connectivity index (χ3v) is 4.14. The van der Waals surface area contributed by atoms with Crippen molar-refractivity contribution in [2.45, 2.75) is 45.6 Å². The van der Waals surface area contributed by atoms with Gasteiger partial charge in [-0.3, -0.25) is 9.48 Å². The molecular weight excluding hydrogens is 250 g/mol. The van der Waals surface area contributed by atoms with Crippen LogP contribution in [-0.2, 0) is 11.3 Å². The molecule has 20 heavy (non-hydrogen) atoms. The van der Waals surface area contributed by atoms with Gasteiger partial charge in [-0.05, 0) is 31.8 Å². The number of aromatic nitrogens is 2. The lowest BCUT2D eigenvalue weighted by molar-refractivity contribution is -0.115. The zero-order valence-electron chi connectivity index (χ0n) is 12.0. The Kier molecular flexibility index (Phi) is 3.47. The minimum atomic E-state index is -0.0316. The van der Waals surface area contributed by atoms with Gasteiger partial charge in [-0.2, -0.15) is 5.10 Å². The van der Waals surface area contributed by atoms with Crippen LogP contribution in [0.15, 0.2) is 24.0 Å². The molecule has 3 rings (SSSR count). The van der Waals surface area contributed by atoms with E-state index in [0.29, 0.717) is 6.42 Å². The number of carbonyl (C=O) groups excluding carboxylic acids is 1. The monoisotopic (exact) mass is 271 g/mol. The lowest BCUT2D eigenvalue weighted by atomic mass is 10.1. The van der Waals surface area contributed by atoms with E-state index in [2.05, 4.69) is 28.6 Å². The van der Waals surface area contributed by atoms with Crippen LogP contribution in [0, 0.1) is 12.8 Å². The molecule has 2 fully saturated rings. The van der Waals surface area contributed by atoms with E-state index in [1.165, 1.54) is 25.7 Å². The van der Waals surface area contributed by atoms with Crippen molar-refractivity contribution in [3.8, 4) is 0 Å². The van der Waals surface area contributed by atoms with Crippen molar-refractivity contribution in [3.63, 3.8) is 0 Å². The van der Waals surface area contributed by atoms with Crippen LogP contribution in [0.2, 0.25) is 0 Å². The zero-order chi connectivity index (χ0) is 14.1. The van der Waals surface area contributed by atoms with Gasteiger partial charge in [0.2, 0.25) is 0 Å². The lowest BCUT2D eigenvalue weighted by Crippen LogP contribution is -2.12. The summed E-state index contributed by atoms with van der Waals surface area (Å²) in [5.41, 5.74) is 3.72. The number of allylic oxidation sites excluding steroid dienone is 1. The van der Waals surface area contributed by atoms with Crippen LogP contribution in [-0.4, -0.2) is 15.7 Å². The first-order valence-electron chi connectivity index (χ1n) is 7.35. The first-order chi connectivity index (χ1) is 9.63. The van der Waals surface area contributed by atoms with Crippen LogP contribution in [0.4, 0.5) is 0 Å². The van der Waals surface area contributed by atoms with Crippen molar-refractivity contribution in [3.05, 3.63) is 35.3 Å². The summed E-state index contributed by atoms with van der Waals surface area (Å²) in [5.74, 6) is 0.941. The molecule has 1 saturated heterocycles. The van der Waals surface area contributed by atoms with Gasteiger partial charge in [0, 0.05) is 35.5 Å². The molecule has 4 heteroatoms. The summed E-state index contributed by atoms with van der Waals surface area (Å²) in [6.45, 7) is 6.84. The summed E-state index contributed by atoms with van der Waals surface area (Å²) in [4.78, 5) is 11.7. The molecule has 4 nitrogen and oxygen atoms in total. The van der Waals surface area contributed by atoms with Gasteiger partial charge in [0.25, 0.3) is 5.91 Å². The minimum absolute atomic E-state index is 0.0316. The standard InChI is InChI=1S/C16H21N3O/c1-11-8-14(16(20)18-11)9-15-10-17-19(12(15)2)7-3-4-13-5-6-13/h9-10,13H,1,3-8H2,2H3,(H,18,20). The van der Waals surface area contributed by atoms with Crippen molar-refractivity contribution in [2.75, 3.05) is 0 Å². The molecule has 1 saturated carbocycles. The quantitative estimate of drug-likeness (QED) is 0.837. The molecule has 2 aliphatic rings. The van der Waals surface area contributed by atoms with E-state index in [9.17, 15) is 4.79 Å². The number of hydrogen-bond acceptors (Lipinski definition) is 2. The zero-order valence-corrected chi connectivity index (χ0v) is 12.0. The number of amides is 1. The SMILES string of the molecule is C=C1CC(=Cc2cnn(CCCC3CC3)c2C)C(=O)N1. The van der Waals surface area contributed by atoms with Gasteiger partial charge in [0.1, 0.15) is 0 Å². The van der Waals surface area contributed by atoms with Crippen molar-refractivity contribution < 1.29 is 4.79 Å². The molecule has 1 aliphatic heterocycles. The predicted molar refractivity (Wildman–Crippen MR) is 78.8 cm³/mol. The van der Waals surface area contributed by atoms with Crippen LogP contribution in [0.25, 0.3) is 6.08 Å². The second kappa shape index (κ2) is 5.27. The summed E-state index contributed by atoms with van der Waals surface area (Å²) in [5, 5.41) is 7.18. The number of nitrogens with one attached hydrogen (secondary N) is 1. The molecule has 1 amide bonds. The van der Waals surface area contributed by atoms with E-state index in [4.69, 9.17) is 0 Å². The molecule has 1 aromatic rings. The molecule has 1 N–H and O–H groups in total. The topological polar surface area (TPSA) is 46.9 Å². The van der Waals surface area contributed by atoms with Gasteiger partial charge >= 0.3 is 0 Å². The molecule has 0 bridgehead atoms. The van der Waals surface area contributed by atoms with Gasteiger partial charge in [-0.25, -0.2) is 0 Å². The fraction of sp³-hybridized carbons (Fsp3) is 0.500. The Morgan fingerprint density at radius 1 is 1.55 bits per heavy atom. The van der Waals surface area contributed by atoms with Crippen LogP contribution in [0.5, 0.6) is 0 Å². The van der Waals surface area contributed by atoms with E-state index < -0.39 is 0 Å². The highest BCUT2D eigenvalue weighted by Crippen LogP contribution is 2.33. The summed E-state index contributed by atoms with van der Waals surface area (Å²) >= 11 is 0. The maximum absolute atomic E-state index is 11.7. The molecule has 1 aliphatic carbocycles. The van der Waals surface area contributed by atoms with Crippen molar-refractivity contribution in [2.24, 2.45) is 5.92 Å². The van der Waals surface area contributed by atoms with E-state index >= 15 is 0 Å². The highest BCUT2D eigenvalue weighted by atomic mass is 16.2. The van der Waals surface area contributed by atoms with E-state index in [0.717, 1.165) is 35.0 Å². The van der Waals surface area contributed by atoms with Gasteiger partial charge in [0.15, 0.2) is 0 Å².